The second-order valence-corrected chi connectivity index (χ2v) is 4.70. The van der Waals surface area contributed by atoms with E-state index >= 15 is 0 Å². The highest BCUT2D eigenvalue weighted by Gasteiger charge is 2.17. The molecular weight excluding hydrogens is 270 g/mol. The number of benzene rings is 1. The third kappa shape index (κ3) is 5.27. The van der Waals surface area contributed by atoms with Crippen molar-refractivity contribution in [3.63, 3.8) is 0 Å². The molecule has 0 bridgehead atoms. The largest absolute Gasteiger partial charge is 0.490 e. The van der Waals surface area contributed by atoms with Crippen LogP contribution in [0.5, 0.6) is 17.2 Å². The molecule has 0 heterocycles. The highest BCUT2D eigenvalue weighted by Crippen LogP contribution is 2.39. The molecule has 1 aromatic rings. The van der Waals surface area contributed by atoms with Gasteiger partial charge in [0.25, 0.3) is 0 Å². The first-order valence-electron chi connectivity index (χ1n) is 7.35. The summed E-state index contributed by atoms with van der Waals surface area (Å²) < 4.78 is 17.1. The van der Waals surface area contributed by atoms with E-state index in [2.05, 4.69) is 5.32 Å². The topological polar surface area (TPSA) is 56.8 Å². The van der Waals surface area contributed by atoms with E-state index in [1.165, 1.54) is 6.92 Å². The van der Waals surface area contributed by atoms with Crippen LogP contribution >= 0.6 is 0 Å². The molecule has 0 unspecified atom stereocenters. The Balaban J connectivity index is 3.18. The minimum Gasteiger partial charge on any atom is -0.490 e. The summed E-state index contributed by atoms with van der Waals surface area (Å²) in [6.45, 7) is 7.03. The predicted molar refractivity (Wildman–Crippen MR) is 82.6 cm³/mol. The van der Waals surface area contributed by atoms with Gasteiger partial charge in [0, 0.05) is 5.56 Å². The van der Waals surface area contributed by atoms with Gasteiger partial charge in [-0.2, -0.15) is 0 Å². The molecule has 1 aromatic carbocycles. The van der Waals surface area contributed by atoms with Crippen molar-refractivity contribution in [2.24, 2.45) is 0 Å². The highest BCUT2D eigenvalue weighted by molar-refractivity contribution is 5.95. The highest BCUT2D eigenvalue weighted by atomic mass is 16.5. The summed E-state index contributed by atoms with van der Waals surface area (Å²) in [4.78, 5) is 11.7. The maximum absolute atomic E-state index is 11.7. The number of Topliss-reactive ketones (excluding diaryl/α,β-unsaturated/α-hetero) is 1. The summed E-state index contributed by atoms with van der Waals surface area (Å²) in [5.74, 6) is 1.60. The molecule has 0 spiro atoms. The van der Waals surface area contributed by atoms with Crippen molar-refractivity contribution in [1.29, 1.82) is 0 Å². The number of hydrogen-bond acceptors (Lipinski definition) is 5. The maximum Gasteiger partial charge on any atom is 0.205 e. The van der Waals surface area contributed by atoms with Crippen molar-refractivity contribution in [2.45, 2.75) is 33.6 Å². The van der Waals surface area contributed by atoms with Crippen LogP contribution in [0.2, 0.25) is 0 Å². The Morgan fingerprint density at radius 2 is 1.57 bits per heavy atom. The first kappa shape index (κ1) is 17.3. The Labute approximate surface area is 126 Å². The van der Waals surface area contributed by atoms with Gasteiger partial charge in [-0.15, -0.1) is 0 Å². The zero-order valence-electron chi connectivity index (χ0n) is 13.3. The van der Waals surface area contributed by atoms with Gasteiger partial charge < -0.3 is 14.2 Å². The van der Waals surface area contributed by atoms with Crippen molar-refractivity contribution in [2.75, 3.05) is 27.0 Å². The lowest BCUT2D eigenvalue weighted by atomic mass is 10.1. The van der Waals surface area contributed by atoms with Crippen molar-refractivity contribution in [1.82, 2.24) is 5.32 Å². The van der Waals surface area contributed by atoms with Gasteiger partial charge in [0.15, 0.2) is 17.3 Å². The number of carbonyl (C=O) groups is 1. The van der Waals surface area contributed by atoms with Crippen LogP contribution in [0.1, 0.15) is 44.0 Å². The van der Waals surface area contributed by atoms with Crippen molar-refractivity contribution in [3.8, 4) is 17.2 Å². The fourth-order valence-corrected chi connectivity index (χ4v) is 1.70. The van der Waals surface area contributed by atoms with Gasteiger partial charge >= 0.3 is 0 Å². The fourth-order valence-electron chi connectivity index (χ4n) is 1.70. The van der Waals surface area contributed by atoms with E-state index < -0.39 is 0 Å². The molecule has 0 atom stereocenters. The zero-order valence-corrected chi connectivity index (χ0v) is 13.3. The second-order valence-electron chi connectivity index (χ2n) is 4.70. The van der Waals surface area contributed by atoms with Crippen LogP contribution < -0.4 is 19.5 Å². The number of ether oxygens (including phenoxy) is 3. The first-order valence-corrected chi connectivity index (χ1v) is 7.35. The quantitative estimate of drug-likeness (QED) is 0.531. The molecule has 5 nitrogen and oxygen atoms in total. The molecule has 0 radical (unpaired) electrons. The lowest BCUT2D eigenvalue weighted by Gasteiger charge is -2.17. The molecule has 21 heavy (non-hydrogen) atoms. The van der Waals surface area contributed by atoms with Crippen LogP contribution in [-0.4, -0.2) is 32.8 Å². The molecule has 0 aliphatic heterocycles. The van der Waals surface area contributed by atoms with Gasteiger partial charge in [0.2, 0.25) is 5.75 Å². The van der Waals surface area contributed by atoms with Crippen molar-refractivity contribution in [3.05, 3.63) is 17.7 Å². The molecule has 1 rings (SSSR count). The van der Waals surface area contributed by atoms with Crippen LogP contribution in [-0.2, 0) is 0 Å². The van der Waals surface area contributed by atoms with Gasteiger partial charge in [-0.3, -0.25) is 10.1 Å². The Morgan fingerprint density at radius 3 is 1.95 bits per heavy atom. The SMILES string of the molecule is CCCOc1cc(C(C)=O)cc(OCCC)c1OCNC. The fraction of sp³-hybridized carbons (Fsp3) is 0.562. The molecule has 0 saturated heterocycles. The molecular formula is C16H25NO4. The van der Waals surface area contributed by atoms with E-state index in [9.17, 15) is 4.79 Å². The van der Waals surface area contributed by atoms with E-state index in [1.807, 2.05) is 13.8 Å². The Hall–Kier alpha value is -1.75. The summed E-state index contributed by atoms with van der Waals surface area (Å²) in [6.07, 6.45) is 1.75. The number of ketones is 1. The van der Waals surface area contributed by atoms with E-state index in [1.54, 1.807) is 19.2 Å². The standard InChI is InChI=1S/C16H25NO4/c1-5-7-19-14-9-13(12(3)18)10-15(20-8-6-2)16(14)21-11-17-4/h9-10,17H,5-8,11H2,1-4H3. The number of nitrogens with one attached hydrogen (secondary N) is 1. The predicted octanol–water partition coefficient (Wildman–Crippen LogP) is 3.02. The number of rotatable bonds is 10. The van der Waals surface area contributed by atoms with E-state index in [4.69, 9.17) is 14.2 Å². The van der Waals surface area contributed by atoms with Crippen molar-refractivity contribution < 1.29 is 19.0 Å². The number of hydrogen-bond donors (Lipinski definition) is 1. The maximum atomic E-state index is 11.7. The van der Waals surface area contributed by atoms with Crippen LogP contribution in [0, 0.1) is 0 Å². The molecule has 118 valence electrons. The molecule has 0 saturated carbocycles. The van der Waals surface area contributed by atoms with Crippen LogP contribution in [0.15, 0.2) is 12.1 Å². The molecule has 1 N–H and O–H groups in total. The normalized spacial score (nSPS) is 10.3. The second kappa shape index (κ2) is 9.23. The van der Waals surface area contributed by atoms with Crippen LogP contribution in [0.4, 0.5) is 0 Å². The minimum atomic E-state index is -0.0298. The third-order valence-corrected chi connectivity index (χ3v) is 2.71. The summed E-state index contributed by atoms with van der Waals surface area (Å²) in [5, 5.41) is 2.92. The Kier molecular flexibility index (Phi) is 7.61. The molecule has 5 heteroatoms. The van der Waals surface area contributed by atoms with Gasteiger partial charge in [-0.25, -0.2) is 0 Å². The summed E-state index contributed by atoms with van der Waals surface area (Å²) in [5.41, 5.74) is 0.559. The smallest absolute Gasteiger partial charge is 0.205 e. The van der Waals surface area contributed by atoms with Crippen LogP contribution in [0.3, 0.4) is 0 Å². The molecule has 0 aliphatic carbocycles. The minimum absolute atomic E-state index is 0.0298. The van der Waals surface area contributed by atoms with Gasteiger partial charge in [0.05, 0.1) is 13.2 Å². The van der Waals surface area contributed by atoms with E-state index in [-0.39, 0.29) is 5.78 Å². The zero-order chi connectivity index (χ0) is 15.7. The average molecular weight is 295 g/mol. The van der Waals surface area contributed by atoms with Gasteiger partial charge in [0.1, 0.15) is 6.73 Å². The summed E-state index contributed by atoms with van der Waals surface area (Å²) >= 11 is 0. The van der Waals surface area contributed by atoms with Crippen LogP contribution in [0.25, 0.3) is 0 Å². The first-order chi connectivity index (χ1) is 10.1. The average Bonchev–Trinajstić information content (AvgIpc) is 2.48. The van der Waals surface area contributed by atoms with Gasteiger partial charge in [-0.05, 0) is 38.9 Å². The van der Waals surface area contributed by atoms with E-state index in [0.29, 0.717) is 42.8 Å². The molecule has 0 fully saturated rings. The molecule has 0 amide bonds. The van der Waals surface area contributed by atoms with Crippen molar-refractivity contribution >= 4 is 5.78 Å². The van der Waals surface area contributed by atoms with Gasteiger partial charge in [-0.1, -0.05) is 13.8 Å². The third-order valence-electron chi connectivity index (χ3n) is 2.71. The summed E-state index contributed by atoms with van der Waals surface area (Å²) in [6, 6.07) is 3.42. The molecule has 0 aromatic heterocycles. The lowest BCUT2D eigenvalue weighted by molar-refractivity contribution is 0.101. The Bertz CT molecular complexity index is 431. The summed E-state index contributed by atoms with van der Waals surface area (Å²) in [7, 11) is 1.79. The van der Waals surface area contributed by atoms with E-state index in [0.717, 1.165) is 12.8 Å². The molecule has 0 aliphatic rings. The lowest BCUT2D eigenvalue weighted by Crippen LogP contribution is -2.16. The Morgan fingerprint density at radius 1 is 1.05 bits per heavy atom. The monoisotopic (exact) mass is 295 g/mol. The number of carbonyl (C=O) groups excluding carboxylic acids is 1.